The van der Waals surface area contributed by atoms with Crippen LogP contribution in [0.3, 0.4) is 0 Å². The van der Waals surface area contributed by atoms with Crippen molar-refractivity contribution in [3.8, 4) is 0 Å². The Hall–Kier alpha value is 0.0969. The van der Waals surface area contributed by atoms with E-state index in [-0.39, 0.29) is 0 Å². The summed E-state index contributed by atoms with van der Waals surface area (Å²) >= 11 is 0. The van der Waals surface area contributed by atoms with Gasteiger partial charge in [-0.1, -0.05) is 0 Å². The Bertz CT molecular complexity index is 171. The predicted molar refractivity (Wildman–Crippen MR) is 58.6 cm³/mol. The lowest BCUT2D eigenvalue weighted by molar-refractivity contribution is -0.353. The van der Waals surface area contributed by atoms with Gasteiger partial charge in [0.1, 0.15) is 0 Å². The normalized spacial score (nSPS) is 24.9. The number of hydrogen-bond donors (Lipinski definition) is 0. The highest BCUT2D eigenvalue weighted by Gasteiger charge is 2.43. The van der Waals surface area contributed by atoms with Crippen LogP contribution in [0, 0.1) is 0 Å². The standard InChI is InChI=1S/C10H22O3Si/c1-5-11-10(12-6-2)8-7-9-14(3,4)13-10/h5-9H2,1-4H3. The Kier molecular flexibility index (Phi) is 4.12. The summed E-state index contributed by atoms with van der Waals surface area (Å²) in [5.74, 6) is -0.725. The second-order valence-corrected chi connectivity index (χ2v) is 8.49. The molecule has 1 aliphatic rings. The van der Waals surface area contributed by atoms with Crippen molar-refractivity contribution in [2.24, 2.45) is 0 Å². The van der Waals surface area contributed by atoms with Gasteiger partial charge in [0, 0.05) is 19.6 Å². The highest BCUT2D eigenvalue weighted by molar-refractivity contribution is 6.71. The van der Waals surface area contributed by atoms with Gasteiger partial charge in [-0.25, -0.2) is 0 Å². The quantitative estimate of drug-likeness (QED) is 0.536. The van der Waals surface area contributed by atoms with Crippen LogP contribution < -0.4 is 0 Å². The summed E-state index contributed by atoms with van der Waals surface area (Å²) < 4.78 is 17.3. The second kappa shape index (κ2) is 4.75. The third-order valence-corrected chi connectivity index (χ3v) is 4.84. The van der Waals surface area contributed by atoms with E-state index >= 15 is 0 Å². The van der Waals surface area contributed by atoms with Gasteiger partial charge in [-0.3, -0.25) is 0 Å². The molecule has 0 unspecified atom stereocenters. The summed E-state index contributed by atoms with van der Waals surface area (Å²) in [6, 6.07) is 1.20. The third kappa shape index (κ3) is 3.05. The van der Waals surface area contributed by atoms with E-state index in [0.717, 1.165) is 12.8 Å². The van der Waals surface area contributed by atoms with Gasteiger partial charge in [-0.2, -0.15) is 0 Å². The van der Waals surface area contributed by atoms with Gasteiger partial charge in [0.15, 0.2) is 8.32 Å². The first kappa shape index (κ1) is 12.2. The molecule has 1 saturated heterocycles. The summed E-state index contributed by atoms with van der Waals surface area (Å²) in [5.41, 5.74) is 0. The Balaban J connectivity index is 2.65. The van der Waals surface area contributed by atoms with Gasteiger partial charge in [0.05, 0.1) is 0 Å². The van der Waals surface area contributed by atoms with Crippen molar-refractivity contribution in [2.75, 3.05) is 13.2 Å². The molecule has 0 aromatic carbocycles. The smallest absolute Gasteiger partial charge is 0.273 e. The minimum Gasteiger partial charge on any atom is -0.369 e. The Morgan fingerprint density at radius 1 is 1.21 bits per heavy atom. The van der Waals surface area contributed by atoms with Crippen molar-refractivity contribution in [1.82, 2.24) is 0 Å². The fraction of sp³-hybridized carbons (Fsp3) is 1.00. The molecule has 0 radical (unpaired) electrons. The average Bonchev–Trinajstić information content (AvgIpc) is 2.02. The fourth-order valence-corrected chi connectivity index (χ4v) is 4.13. The number of rotatable bonds is 4. The van der Waals surface area contributed by atoms with E-state index < -0.39 is 14.3 Å². The summed E-state index contributed by atoms with van der Waals surface area (Å²) in [5, 5.41) is 0. The first-order chi connectivity index (χ1) is 6.54. The Labute approximate surface area is 87.9 Å². The molecule has 1 aliphatic heterocycles. The molecule has 4 heteroatoms. The number of hydrogen-bond acceptors (Lipinski definition) is 3. The van der Waals surface area contributed by atoms with Crippen LogP contribution in [0.15, 0.2) is 0 Å². The van der Waals surface area contributed by atoms with Gasteiger partial charge in [-0.15, -0.1) is 0 Å². The van der Waals surface area contributed by atoms with Crippen LogP contribution >= 0.6 is 0 Å². The average molecular weight is 218 g/mol. The molecule has 0 amide bonds. The first-order valence-corrected chi connectivity index (χ1v) is 8.63. The molecule has 0 aromatic heterocycles. The zero-order chi connectivity index (χ0) is 10.7. The molecule has 0 atom stereocenters. The molecule has 0 spiro atoms. The van der Waals surface area contributed by atoms with E-state index in [2.05, 4.69) is 13.1 Å². The van der Waals surface area contributed by atoms with Gasteiger partial charge in [0.2, 0.25) is 0 Å². The molecule has 3 nitrogen and oxygen atoms in total. The van der Waals surface area contributed by atoms with Gasteiger partial charge >= 0.3 is 0 Å². The molecular weight excluding hydrogens is 196 g/mol. The number of ether oxygens (including phenoxy) is 2. The van der Waals surface area contributed by atoms with E-state index in [1.54, 1.807) is 0 Å². The van der Waals surface area contributed by atoms with E-state index in [4.69, 9.17) is 13.9 Å². The highest BCUT2D eigenvalue weighted by atomic mass is 28.4. The monoisotopic (exact) mass is 218 g/mol. The van der Waals surface area contributed by atoms with Crippen LogP contribution in [0.25, 0.3) is 0 Å². The molecule has 1 rings (SSSR count). The Morgan fingerprint density at radius 3 is 2.21 bits per heavy atom. The maximum atomic E-state index is 6.04. The van der Waals surface area contributed by atoms with Crippen molar-refractivity contribution in [3.05, 3.63) is 0 Å². The maximum Gasteiger partial charge on any atom is 0.273 e. The first-order valence-electron chi connectivity index (χ1n) is 5.52. The molecule has 0 bridgehead atoms. The minimum atomic E-state index is -1.55. The van der Waals surface area contributed by atoms with E-state index in [0.29, 0.717) is 13.2 Å². The summed E-state index contributed by atoms with van der Waals surface area (Å²) in [4.78, 5) is 0. The zero-order valence-electron chi connectivity index (χ0n) is 9.76. The molecule has 0 N–H and O–H groups in total. The van der Waals surface area contributed by atoms with Crippen molar-refractivity contribution in [2.45, 2.75) is 51.8 Å². The lowest BCUT2D eigenvalue weighted by atomic mass is 10.3. The third-order valence-electron chi connectivity index (χ3n) is 2.42. The molecule has 84 valence electrons. The molecule has 1 heterocycles. The van der Waals surface area contributed by atoms with Gasteiger partial charge < -0.3 is 13.9 Å². The molecule has 14 heavy (non-hydrogen) atoms. The fourth-order valence-electron chi connectivity index (χ4n) is 1.94. The second-order valence-electron chi connectivity index (χ2n) is 4.26. The van der Waals surface area contributed by atoms with Crippen molar-refractivity contribution in [1.29, 1.82) is 0 Å². The van der Waals surface area contributed by atoms with Crippen LogP contribution in [0.5, 0.6) is 0 Å². The van der Waals surface area contributed by atoms with Crippen molar-refractivity contribution >= 4 is 8.32 Å². The molecule has 0 aliphatic carbocycles. The SMILES string of the molecule is CCOC1(OCC)CCC[Si](C)(C)O1. The zero-order valence-corrected chi connectivity index (χ0v) is 10.8. The van der Waals surface area contributed by atoms with Crippen molar-refractivity contribution < 1.29 is 13.9 Å². The highest BCUT2D eigenvalue weighted by Crippen LogP contribution is 2.35. The van der Waals surface area contributed by atoms with Crippen LogP contribution in [0.4, 0.5) is 0 Å². The summed E-state index contributed by atoms with van der Waals surface area (Å²) in [6.45, 7) is 9.69. The summed E-state index contributed by atoms with van der Waals surface area (Å²) in [6.07, 6.45) is 2.02. The van der Waals surface area contributed by atoms with Gasteiger partial charge in [0.25, 0.3) is 5.97 Å². The van der Waals surface area contributed by atoms with E-state index in [9.17, 15) is 0 Å². The van der Waals surface area contributed by atoms with Crippen LogP contribution in [-0.4, -0.2) is 27.5 Å². The molecular formula is C10H22O3Si. The van der Waals surface area contributed by atoms with Crippen molar-refractivity contribution in [3.63, 3.8) is 0 Å². The summed E-state index contributed by atoms with van der Waals surface area (Å²) in [7, 11) is -1.55. The van der Waals surface area contributed by atoms with Crippen LogP contribution in [0.2, 0.25) is 19.1 Å². The lowest BCUT2D eigenvalue weighted by Crippen LogP contribution is -2.51. The Morgan fingerprint density at radius 2 is 1.79 bits per heavy atom. The lowest BCUT2D eigenvalue weighted by Gasteiger charge is -2.43. The van der Waals surface area contributed by atoms with Crippen LogP contribution in [0.1, 0.15) is 26.7 Å². The van der Waals surface area contributed by atoms with E-state index in [1.165, 1.54) is 6.04 Å². The topological polar surface area (TPSA) is 27.7 Å². The molecule has 1 fully saturated rings. The largest absolute Gasteiger partial charge is 0.369 e. The predicted octanol–water partition coefficient (Wildman–Crippen LogP) is 2.73. The van der Waals surface area contributed by atoms with E-state index in [1.807, 2.05) is 13.8 Å². The van der Waals surface area contributed by atoms with Gasteiger partial charge in [-0.05, 0) is 39.4 Å². The molecule has 0 aromatic rings. The maximum absolute atomic E-state index is 6.04. The molecule has 0 saturated carbocycles. The minimum absolute atomic E-state index is 0.643. The van der Waals surface area contributed by atoms with Crippen LogP contribution in [-0.2, 0) is 13.9 Å².